The van der Waals surface area contributed by atoms with Gasteiger partial charge >= 0.3 is 6.03 Å². The van der Waals surface area contributed by atoms with Crippen molar-refractivity contribution in [1.29, 1.82) is 0 Å². The molecule has 4 heteroatoms. The molecular formula is C16H18N2O2. The van der Waals surface area contributed by atoms with E-state index in [0.29, 0.717) is 17.6 Å². The fourth-order valence-electron chi connectivity index (χ4n) is 4.13. The number of carbonyl (C=O) groups is 2. The average Bonchev–Trinajstić information content (AvgIpc) is 2.97. The molecule has 104 valence electrons. The molecule has 1 aliphatic carbocycles. The fourth-order valence-corrected chi connectivity index (χ4v) is 4.13. The van der Waals surface area contributed by atoms with E-state index in [4.69, 9.17) is 0 Å². The van der Waals surface area contributed by atoms with E-state index in [9.17, 15) is 9.59 Å². The van der Waals surface area contributed by atoms with Crippen LogP contribution >= 0.6 is 0 Å². The van der Waals surface area contributed by atoms with Crippen LogP contribution < -0.4 is 4.90 Å². The molecule has 1 saturated carbocycles. The predicted octanol–water partition coefficient (Wildman–Crippen LogP) is 2.79. The van der Waals surface area contributed by atoms with Crippen molar-refractivity contribution in [3.63, 3.8) is 0 Å². The van der Waals surface area contributed by atoms with Gasteiger partial charge in [0.1, 0.15) is 6.04 Å². The number of carbonyl (C=O) groups excluding carboxylic acids is 2. The van der Waals surface area contributed by atoms with Gasteiger partial charge in [0, 0.05) is 6.04 Å². The molecule has 20 heavy (non-hydrogen) atoms. The van der Waals surface area contributed by atoms with Gasteiger partial charge in [0.15, 0.2) is 0 Å². The van der Waals surface area contributed by atoms with E-state index < -0.39 is 0 Å². The molecule has 2 saturated heterocycles. The topological polar surface area (TPSA) is 40.6 Å². The van der Waals surface area contributed by atoms with Crippen molar-refractivity contribution in [3.8, 4) is 0 Å². The lowest BCUT2D eigenvalue weighted by Gasteiger charge is -2.30. The SMILES string of the molecule is O=C1C2CC3CCCCC3N2C(=O)N1c1ccccc1. The van der Waals surface area contributed by atoms with Crippen molar-refractivity contribution >= 4 is 17.6 Å². The van der Waals surface area contributed by atoms with E-state index in [1.807, 2.05) is 35.2 Å². The van der Waals surface area contributed by atoms with Crippen molar-refractivity contribution in [1.82, 2.24) is 4.90 Å². The highest BCUT2D eigenvalue weighted by atomic mass is 16.2. The maximum absolute atomic E-state index is 12.7. The van der Waals surface area contributed by atoms with Crippen LogP contribution in [-0.2, 0) is 4.79 Å². The van der Waals surface area contributed by atoms with Gasteiger partial charge in [-0.05, 0) is 37.3 Å². The molecular weight excluding hydrogens is 252 g/mol. The van der Waals surface area contributed by atoms with Crippen LogP contribution in [0.25, 0.3) is 0 Å². The highest BCUT2D eigenvalue weighted by molar-refractivity contribution is 6.21. The third-order valence-corrected chi connectivity index (χ3v) is 5.02. The van der Waals surface area contributed by atoms with Gasteiger partial charge in [0.2, 0.25) is 0 Å². The Labute approximate surface area is 118 Å². The van der Waals surface area contributed by atoms with Crippen molar-refractivity contribution < 1.29 is 9.59 Å². The number of imide groups is 1. The first kappa shape index (κ1) is 11.9. The van der Waals surface area contributed by atoms with Crippen LogP contribution in [0.5, 0.6) is 0 Å². The monoisotopic (exact) mass is 270 g/mol. The lowest BCUT2D eigenvalue weighted by atomic mass is 9.84. The molecule has 2 aliphatic heterocycles. The average molecular weight is 270 g/mol. The Hall–Kier alpha value is -1.84. The third-order valence-electron chi connectivity index (χ3n) is 5.02. The van der Waals surface area contributed by atoms with Gasteiger partial charge in [-0.3, -0.25) is 4.79 Å². The second-order valence-corrected chi connectivity index (χ2v) is 6.06. The maximum atomic E-state index is 12.7. The summed E-state index contributed by atoms with van der Waals surface area (Å²) in [5.41, 5.74) is 0.698. The van der Waals surface area contributed by atoms with Crippen molar-refractivity contribution in [3.05, 3.63) is 30.3 Å². The molecule has 3 atom stereocenters. The van der Waals surface area contributed by atoms with E-state index in [2.05, 4.69) is 0 Å². The minimum atomic E-state index is -0.212. The molecule has 0 radical (unpaired) electrons. The second kappa shape index (κ2) is 4.33. The Kier molecular flexibility index (Phi) is 2.59. The predicted molar refractivity (Wildman–Crippen MR) is 75.3 cm³/mol. The number of hydrogen-bond donors (Lipinski definition) is 0. The smallest absolute Gasteiger partial charge is 0.309 e. The molecule has 1 aromatic rings. The van der Waals surface area contributed by atoms with Gasteiger partial charge in [-0.25, -0.2) is 9.69 Å². The molecule has 0 N–H and O–H groups in total. The molecule has 3 fully saturated rings. The number of para-hydroxylation sites is 1. The first-order chi connectivity index (χ1) is 9.77. The Morgan fingerprint density at radius 3 is 2.55 bits per heavy atom. The molecule has 4 rings (SSSR count). The van der Waals surface area contributed by atoms with E-state index in [-0.39, 0.29) is 18.0 Å². The number of amides is 3. The lowest BCUT2D eigenvalue weighted by Crippen LogP contribution is -2.41. The second-order valence-electron chi connectivity index (χ2n) is 6.06. The molecule has 2 heterocycles. The van der Waals surface area contributed by atoms with Crippen LogP contribution in [0.3, 0.4) is 0 Å². The molecule has 0 aromatic heterocycles. The zero-order valence-corrected chi connectivity index (χ0v) is 11.4. The highest BCUT2D eigenvalue weighted by Crippen LogP contribution is 2.44. The Balaban J connectivity index is 1.68. The van der Waals surface area contributed by atoms with Gasteiger partial charge in [0.25, 0.3) is 5.91 Å². The summed E-state index contributed by atoms with van der Waals surface area (Å²) in [7, 11) is 0. The Bertz CT molecular complexity index is 557. The van der Waals surface area contributed by atoms with Crippen molar-refractivity contribution in [2.45, 2.75) is 44.2 Å². The zero-order chi connectivity index (χ0) is 13.7. The Morgan fingerprint density at radius 1 is 1.00 bits per heavy atom. The number of fused-ring (bicyclic) bond motifs is 3. The van der Waals surface area contributed by atoms with E-state index in [1.165, 1.54) is 24.2 Å². The summed E-state index contributed by atoms with van der Waals surface area (Å²) in [5, 5.41) is 0. The molecule has 0 spiro atoms. The largest absolute Gasteiger partial charge is 0.332 e. The summed E-state index contributed by atoms with van der Waals surface area (Å²) in [6.45, 7) is 0. The van der Waals surface area contributed by atoms with Crippen molar-refractivity contribution in [2.24, 2.45) is 5.92 Å². The van der Waals surface area contributed by atoms with Crippen LogP contribution in [0.15, 0.2) is 30.3 Å². The summed E-state index contributed by atoms with van der Waals surface area (Å²) in [5.74, 6) is 0.509. The summed E-state index contributed by atoms with van der Waals surface area (Å²) in [6, 6.07) is 9.25. The van der Waals surface area contributed by atoms with Gasteiger partial charge in [-0.2, -0.15) is 0 Å². The summed E-state index contributed by atoms with van der Waals surface area (Å²) >= 11 is 0. The number of benzene rings is 1. The minimum Gasteiger partial charge on any atom is -0.309 e. The first-order valence-electron chi connectivity index (χ1n) is 7.48. The lowest BCUT2D eigenvalue weighted by molar-refractivity contribution is -0.119. The molecule has 4 nitrogen and oxygen atoms in total. The number of anilines is 1. The minimum absolute atomic E-state index is 0.0319. The van der Waals surface area contributed by atoms with Crippen LogP contribution in [0.2, 0.25) is 0 Å². The molecule has 3 unspecified atom stereocenters. The van der Waals surface area contributed by atoms with Crippen LogP contribution in [0, 0.1) is 5.92 Å². The third kappa shape index (κ3) is 1.54. The van der Waals surface area contributed by atoms with Gasteiger partial charge in [-0.1, -0.05) is 31.0 Å². The summed E-state index contributed by atoms with van der Waals surface area (Å²) < 4.78 is 0. The van der Waals surface area contributed by atoms with E-state index in [0.717, 1.165) is 12.8 Å². The van der Waals surface area contributed by atoms with E-state index in [1.54, 1.807) is 0 Å². The van der Waals surface area contributed by atoms with Crippen LogP contribution in [-0.4, -0.2) is 28.9 Å². The molecule has 3 amide bonds. The van der Waals surface area contributed by atoms with Gasteiger partial charge < -0.3 is 4.90 Å². The van der Waals surface area contributed by atoms with Gasteiger partial charge in [0.05, 0.1) is 5.69 Å². The summed E-state index contributed by atoms with van der Waals surface area (Å²) in [6.07, 6.45) is 5.51. The van der Waals surface area contributed by atoms with Gasteiger partial charge in [-0.15, -0.1) is 0 Å². The van der Waals surface area contributed by atoms with Crippen LogP contribution in [0.1, 0.15) is 32.1 Å². The first-order valence-corrected chi connectivity index (χ1v) is 7.48. The van der Waals surface area contributed by atoms with E-state index >= 15 is 0 Å². The zero-order valence-electron chi connectivity index (χ0n) is 11.4. The fraction of sp³-hybridized carbons (Fsp3) is 0.500. The Morgan fingerprint density at radius 2 is 1.75 bits per heavy atom. The number of rotatable bonds is 1. The normalized spacial score (nSPS) is 32.5. The highest BCUT2D eigenvalue weighted by Gasteiger charge is 2.55. The molecule has 3 aliphatic rings. The molecule has 0 bridgehead atoms. The van der Waals surface area contributed by atoms with Crippen LogP contribution in [0.4, 0.5) is 10.5 Å². The summed E-state index contributed by atoms with van der Waals surface area (Å²) in [4.78, 5) is 28.5. The van der Waals surface area contributed by atoms with Crippen molar-refractivity contribution in [2.75, 3.05) is 4.90 Å². The quantitative estimate of drug-likeness (QED) is 0.736. The number of hydrogen-bond acceptors (Lipinski definition) is 2. The molecule has 1 aromatic carbocycles. The number of nitrogens with zero attached hydrogens (tertiary/aromatic N) is 2. The standard InChI is InChI=1S/C16H18N2O2/c19-15-14-10-11-6-4-5-9-13(11)18(14)16(20)17(15)12-7-2-1-3-8-12/h1-3,7-8,11,13-14H,4-6,9-10H2. The maximum Gasteiger partial charge on any atom is 0.332 e. The number of urea groups is 1.